The maximum absolute atomic E-state index is 14.2. The van der Waals surface area contributed by atoms with E-state index in [1.165, 1.54) is 21.6 Å². The summed E-state index contributed by atoms with van der Waals surface area (Å²) in [6, 6.07) is 24.4. The predicted molar refractivity (Wildman–Crippen MR) is 130 cm³/mol. The van der Waals surface area contributed by atoms with Gasteiger partial charge in [-0.1, -0.05) is 60.7 Å². The van der Waals surface area contributed by atoms with Gasteiger partial charge in [-0.25, -0.2) is 0 Å². The summed E-state index contributed by atoms with van der Waals surface area (Å²) in [5.74, 6) is -0.510. The van der Waals surface area contributed by atoms with Crippen molar-refractivity contribution in [3.05, 3.63) is 108 Å². The van der Waals surface area contributed by atoms with Crippen molar-refractivity contribution < 1.29 is 22.8 Å². The molecule has 174 valence electrons. The quantitative estimate of drug-likeness (QED) is 0.267. The Balaban J connectivity index is 1.88. The third kappa shape index (κ3) is 3.65. The highest BCUT2D eigenvalue weighted by Crippen LogP contribution is 2.41. The topological polar surface area (TPSA) is 42.3 Å². The van der Waals surface area contributed by atoms with E-state index in [0.29, 0.717) is 28.3 Å². The molecule has 1 amide bonds. The largest absolute Gasteiger partial charge is 0.418 e. The molecule has 35 heavy (non-hydrogen) atoms. The van der Waals surface area contributed by atoms with Crippen molar-refractivity contribution in [3.8, 4) is 5.69 Å². The molecule has 0 fully saturated rings. The number of alkyl halides is 3. The first-order chi connectivity index (χ1) is 16.8. The number of aldehydes is 1. The van der Waals surface area contributed by atoms with E-state index in [9.17, 15) is 22.8 Å². The number of rotatable bonds is 4. The molecule has 0 saturated carbocycles. The number of carbonyl (C=O) groups is 2. The lowest BCUT2D eigenvalue weighted by Gasteiger charge is -2.22. The highest BCUT2D eigenvalue weighted by molar-refractivity contribution is 6.15. The van der Waals surface area contributed by atoms with Crippen LogP contribution in [-0.2, 0) is 6.18 Å². The number of anilines is 1. The van der Waals surface area contributed by atoms with Crippen LogP contribution in [0.5, 0.6) is 0 Å². The molecule has 0 aliphatic heterocycles. The van der Waals surface area contributed by atoms with Gasteiger partial charge in [-0.05, 0) is 30.3 Å². The molecule has 0 unspecified atom stereocenters. The molecule has 0 radical (unpaired) electrons. The minimum Gasteiger partial charge on any atom is -0.311 e. The Kier molecular flexibility index (Phi) is 5.40. The normalized spacial score (nSPS) is 11.7. The number of hydrogen-bond donors (Lipinski definition) is 0. The van der Waals surface area contributed by atoms with Crippen molar-refractivity contribution >= 4 is 39.7 Å². The van der Waals surface area contributed by atoms with Crippen LogP contribution >= 0.6 is 0 Å². The van der Waals surface area contributed by atoms with E-state index in [-0.39, 0.29) is 22.3 Å². The average Bonchev–Trinajstić information content (AvgIpc) is 3.21. The minimum absolute atomic E-state index is 0.0217. The SMILES string of the molecule is CN(C(=O)c1c(C=O)cccc1-n1c2ccccc2c2cccc(C(F)(F)F)c21)c1ccccc1. The van der Waals surface area contributed by atoms with Gasteiger partial charge in [0, 0.05) is 29.1 Å². The third-order valence-corrected chi connectivity index (χ3v) is 6.10. The second kappa shape index (κ2) is 8.43. The van der Waals surface area contributed by atoms with Gasteiger partial charge in [0.05, 0.1) is 27.8 Å². The molecule has 0 N–H and O–H groups in total. The molecule has 0 aliphatic rings. The molecule has 5 aromatic rings. The maximum atomic E-state index is 14.2. The number of carbonyl (C=O) groups excluding carboxylic acids is 2. The van der Waals surface area contributed by atoms with Gasteiger partial charge in [-0.2, -0.15) is 13.2 Å². The van der Waals surface area contributed by atoms with E-state index in [1.54, 1.807) is 73.8 Å². The Morgan fingerprint density at radius 3 is 2.20 bits per heavy atom. The monoisotopic (exact) mass is 472 g/mol. The molecule has 0 spiro atoms. The lowest BCUT2D eigenvalue weighted by atomic mass is 10.0. The van der Waals surface area contributed by atoms with Crippen LogP contribution in [-0.4, -0.2) is 23.8 Å². The summed E-state index contributed by atoms with van der Waals surface area (Å²) < 4.78 is 43.9. The number of hydrogen-bond acceptors (Lipinski definition) is 2. The molecule has 1 heterocycles. The smallest absolute Gasteiger partial charge is 0.311 e. The Bertz CT molecular complexity index is 1590. The van der Waals surface area contributed by atoms with Crippen LogP contribution in [0, 0.1) is 0 Å². The van der Waals surface area contributed by atoms with Crippen molar-refractivity contribution in [1.82, 2.24) is 4.57 Å². The minimum atomic E-state index is -4.63. The fourth-order valence-electron chi connectivity index (χ4n) is 4.51. The van der Waals surface area contributed by atoms with Crippen molar-refractivity contribution in [2.45, 2.75) is 6.18 Å². The summed E-state index contributed by atoms with van der Waals surface area (Å²) in [6.45, 7) is 0. The summed E-state index contributed by atoms with van der Waals surface area (Å²) >= 11 is 0. The van der Waals surface area contributed by atoms with E-state index in [1.807, 2.05) is 6.07 Å². The standard InChI is InChI=1S/C28H19F3N2O2/c1-32(19-10-3-2-4-11-19)27(35)25-18(17-34)9-7-16-24(25)33-23-15-6-5-12-20(23)21-13-8-14-22(26(21)33)28(29,30)31/h2-17H,1H3. The van der Waals surface area contributed by atoms with Gasteiger partial charge in [0.15, 0.2) is 6.29 Å². The van der Waals surface area contributed by atoms with Gasteiger partial charge in [-0.15, -0.1) is 0 Å². The summed E-state index contributed by atoms with van der Waals surface area (Å²) in [5, 5.41) is 1.02. The summed E-state index contributed by atoms with van der Waals surface area (Å²) in [6.07, 6.45) is -4.08. The number of aromatic nitrogens is 1. The van der Waals surface area contributed by atoms with Crippen LogP contribution in [0.15, 0.2) is 91.0 Å². The van der Waals surface area contributed by atoms with E-state index >= 15 is 0 Å². The fraction of sp³-hybridized carbons (Fsp3) is 0.0714. The zero-order valence-electron chi connectivity index (χ0n) is 18.6. The van der Waals surface area contributed by atoms with Gasteiger partial charge in [0.1, 0.15) is 0 Å². The Labute approximate surface area is 198 Å². The van der Waals surface area contributed by atoms with Crippen molar-refractivity contribution in [3.63, 3.8) is 0 Å². The summed E-state index contributed by atoms with van der Waals surface area (Å²) in [5.41, 5.74) is 0.503. The number of fused-ring (bicyclic) bond motifs is 3. The number of para-hydroxylation sites is 3. The molecule has 5 rings (SSSR count). The Morgan fingerprint density at radius 1 is 0.829 bits per heavy atom. The first-order valence-corrected chi connectivity index (χ1v) is 10.8. The van der Waals surface area contributed by atoms with Crippen LogP contribution < -0.4 is 4.90 Å². The lowest BCUT2D eigenvalue weighted by molar-refractivity contribution is -0.136. The van der Waals surface area contributed by atoms with Crippen molar-refractivity contribution in [2.75, 3.05) is 11.9 Å². The third-order valence-electron chi connectivity index (χ3n) is 6.10. The molecular weight excluding hydrogens is 453 g/mol. The molecule has 4 nitrogen and oxygen atoms in total. The number of amides is 1. The molecular formula is C28H19F3N2O2. The molecule has 0 aliphatic carbocycles. The van der Waals surface area contributed by atoms with Crippen LogP contribution in [0.25, 0.3) is 27.5 Å². The second-order valence-corrected chi connectivity index (χ2v) is 8.11. The van der Waals surface area contributed by atoms with Gasteiger partial charge >= 0.3 is 6.18 Å². The highest BCUT2D eigenvalue weighted by atomic mass is 19.4. The molecule has 7 heteroatoms. The molecule has 1 aromatic heterocycles. The van der Waals surface area contributed by atoms with Crippen molar-refractivity contribution in [1.29, 1.82) is 0 Å². The first kappa shape index (κ1) is 22.4. The molecule has 0 atom stereocenters. The number of halogens is 3. The van der Waals surface area contributed by atoms with Crippen molar-refractivity contribution in [2.24, 2.45) is 0 Å². The van der Waals surface area contributed by atoms with Gasteiger partial charge in [0.25, 0.3) is 5.91 Å². The van der Waals surface area contributed by atoms with E-state index in [4.69, 9.17) is 0 Å². The van der Waals surface area contributed by atoms with Crippen LogP contribution in [0.4, 0.5) is 18.9 Å². The Morgan fingerprint density at radius 2 is 1.49 bits per heavy atom. The van der Waals surface area contributed by atoms with Crippen LogP contribution in [0.3, 0.4) is 0 Å². The van der Waals surface area contributed by atoms with Crippen LogP contribution in [0.2, 0.25) is 0 Å². The second-order valence-electron chi connectivity index (χ2n) is 8.11. The predicted octanol–water partition coefficient (Wildman–Crippen LogP) is 6.89. The molecule has 0 saturated heterocycles. The maximum Gasteiger partial charge on any atom is 0.418 e. The van der Waals surface area contributed by atoms with Crippen LogP contribution in [0.1, 0.15) is 26.3 Å². The molecule has 0 bridgehead atoms. The fourth-order valence-corrected chi connectivity index (χ4v) is 4.51. The lowest BCUT2D eigenvalue weighted by Crippen LogP contribution is -2.28. The van der Waals surface area contributed by atoms with Gasteiger partial charge < -0.3 is 9.47 Å². The highest BCUT2D eigenvalue weighted by Gasteiger charge is 2.35. The Hall–Kier alpha value is -4.39. The number of nitrogens with zero attached hydrogens (tertiary/aromatic N) is 2. The number of benzene rings is 4. The summed E-state index contributed by atoms with van der Waals surface area (Å²) in [4.78, 5) is 27.1. The average molecular weight is 472 g/mol. The zero-order chi connectivity index (χ0) is 24.7. The first-order valence-electron chi connectivity index (χ1n) is 10.8. The van der Waals surface area contributed by atoms with E-state index < -0.39 is 17.6 Å². The zero-order valence-corrected chi connectivity index (χ0v) is 18.6. The van der Waals surface area contributed by atoms with Gasteiger partial charge in [0.2, 0.25) is 0 Å². The molecule has 4 aromatic carbocycles. The van der Waals surface area contributed by atoms with Gasteiger partial charge in [-0.3, -0.25) is 9.59 Å². The van der Waals surface area contributed by atoms with E-state index in [0.717, 1.165) is 6.07 Å². The summed E-state index contributed by atoms with van der Waals surface area (Å²) in [7, 11) is 1.57. The van der Waals surface area contributed by atoms with E-state index in [2.05, 4.69) is 0 Å².